The van der Waals surface area contributed by atoms with Gasteiger partial charge in [0.1, 0.15) is 0 Å². The number of carbonyl (C=O) groups is 2. The first-order chi connectivity index (χ1) is 12.3. The Hall–Kier alpha value is -1.93. The summed E-state index contributed by atoms with van der Waals surface area (Å²) >= 11 is 0. The highest BCUT2D eigenvalue weighted by Gasteiger charge is 2.28. The van der Waals surface area contributed by atoms with Crippen LogP contribution in [0.5, 0.6) is 0 Å². The SMILES string of the molecule is COC(=O)CCN(C(=O)c1ccc(S(=O)(=O)N(C)C)cc1)C1CCCC1. The van der Waals surface area contributed by atoms with Gasteiger partial charge in [-0.3, -0.25) is 9.59 Å². The maximum absolute atomic E-state index is 12.9. The fraction of sp³-hybridized carbons (Fsp3) is 0.556. The second-order valence-corrected chi connectivity index (χ2v) is 8.73. The van der Waals surface area contributed by atoms with E-state index in [1.165, 1.54) is 45.5 Å². The van der Waals surface area contributed by atoms with Crippen LogP contribution in [0.2, 0.25) is 0 Å². The molecule has 7 nitrogen and oxygen atoms in total. The van der Waals surface area contributed by atoms with Crippen LogP contribution in [0.25, 0.3) is 0 Å². The van der Waals surface area contributed by atoms with Gasteiger partial charge in [0.05, 0.1) is 18.4 Å². The first-order valence-electron chi connectivity index (χ1n) is 8.67. The molecule has 2 rings (SSSR count). The number of carbonyl (C=O) groups excluding carboxylic acids is 2. The highest BCUT2D eigenvalue weighted by molar-refractivity contribution is 7.89. The zero-order valence-corrected chi connectivity index (χ0v) is 16.3. The van der Waals surface area contributed by atoms with Crippen LogP contribution in [0.4, 0.5) is 0 Å². The molecule has 0 spiro atoms. The Balaban J connectivity index is 2.20. The standard InChI is InChI=1S/C18H26N2O5S/c1-19(2)26(23,24)16-10-8-14(9-11-16)18(22)20(13-12-17(21)25-3)15-6-4-5-7-15/h8-11,15H,4-7,12-13H2,1-3H3. The molecule has 0 heterocycles. The van der Waals surface area contributed by atoms with Gasteiger partial charge in [0.25, 0.3) is 5.91 Å². The normalized spacial score (nSPS) is 15.2. The molecular weight excluding hydrogens is 356 g/mol. The molecule has 0 atom stereocenters. The van der Waals surface area contributed by atoms with Gasteiger partial charge in [-0.05, 0) is 37.1 Å². The van der Waals surface area contributed by atoms with Gasteiger partial charge in [0, 0.05) is 32.2 Å². The maximum Gasteiger partial charge on any atom is 0.307 e. The summed E-state index contributed by atoms with van der Waals surface area (Å²) in [4.78, 5) is 26.3. The van der Waals surface area contributed by atoms with E-state index in [2.05, 4.69) is 4.74 Å². The Morgan fingerprint density at radius 3 is 2.19 bits per heavy atom. The van der Waals surface area contributed by atoms with Gasteiger partial charge in [0.2, 0.25) is 10.0 Å². The lowest BCUT2D eigenvalue weighted by Crippen LogP contribution is -2.40. The van der Waals surface area contributed by atoms with E-state index in [0.717, 1.165) is 30.0 Å². The Bertz CT molecular complexity index is 737. The van der Waals surface area contributed by atoms with Crippen molar-refractivity contribution < 1.29 is 22.7 Å². The summed E-state index contributed by atoms with van der Waals surface area (Å²) in [6, 6.07) is 6.04. The minimum atomic E-state index is -3.53. The van der Waals surface area contributed by atoms with E-state index >= 15 is 0 Å². The molecule has 0 aromatic heterocycles. The molecule has 0 aliphatic heterocycles. The quantitative estimate of drug-likeness (QED) is 0.673. The number of rotatable bonds is 7. The highest BCUT2D eigenvalue weighted by Crippen LogP contribution is 2.25. The molecule has 1 amide bonds. The van der Waals surface area contributed by atoms with Crippen LogP contribution < -0.4 is 0 Å². The number of nitrogens with zero attached hydrogens (tertiary/aromatic N) is 2. The summed E-state index contributed by atoms with van der Waals surface area (Å²) in [5.74, 6) is -0.539. The third-order valence-electron chi connectivity index (χ3n) is 4.69. The number of esters is 1. The van der Waals surface area contributed by atoms with Crippen LogP contribution in [0.1, 0.15) is 42.5 Å². The van der Waals surface area contributed by atoms with Crippen LogP contribution in [0.15, 0.2) is 29.2 Å². The summed E-state index contributed by atoms with van der Waals surface area (Å²) in [7, 11) is 0.717. The number of amides is 1. The molecule has 26 heavy (non-hydrogen) atoms. The number of sulfonamides is 1. The molecule has 0 radical (unpaired) electrons. The van der Waals surface area contributed by atoms with E-state index in [-0.39, 0.29) is 29.2 Å². The minimum Gasteiger partial charge on any atom is -0.469 e. The number of hydrogen-bond acceptors (Lipinski definition) is 5. The average molecular weight is 382 g/mol. The van der Waals surface area contributed by atoms with Crippen molar-refractivity contribution in [2.45, 2.75) is 43.0 Å². The molecular formula is C18H26N2O5S. The molecule has 1 saturated carbocycles. The molecule has 1 aromatic rings. The van der Waals surface area contributed by atoms with Crippen LogP contribution in [0.3, 0.4) is 0 Å². The first kappa shape index (κ1) is 20.4. The van der Waals surface area contributed by atoms with E-state index in [4.69, 9.17) is 0 Å². The number of benzene rings is 1. The van der Waals surface area contributed by atoms with Crippen molar-refractivity contribution >= 4 is 21.9 Å². The second-order valence-electron chi connectivity index (χ2n) is 6.57. The molecule has 1 aliphatic rings. The first-order valence-corrected chi connectivity index (χ1v) is 10.1. The van der Waals surface area contributed by atoms with Crippen molar-refractivity contribution in [2.75, 3.05) is 27.7 Å². The van der Waals surface area contributed by atoms with Crippen molar-refractivity contribution in [1.82, 2.24) is 9.21 Å². The lowest BCUT2D eigenvalue weighted by molar-refractivity contribution is -0.140. The predicted octanol–water partition coefficient (Wildman–Crippen LogP) is 1.88. The van der Waals surface area contributed by atoms with Gasteiger partial charge < -0.3 is 9.64 Å². The molecule has 0 unspecified atom stereocenters. The monoisotopic (exact) mass is 382 g/mol. The predicted molar refractivity (Wildman–Crippen MR) is 97.2 cm³/mol. The highest BCUT2D eigenvalue weighted by atomic mass is 32.2. The van der Waals surface area contributed by atoms with Gasteiger partial charge in [-0.25, -0.2) is 12.7 Å². The largest absolute Gasteiger partial charge is 0.469 e. The van der Waals surface area contributed by atoms with Crippen molar-refractivity contribution in [3.05, 3.63) is 29.8 Å². The molecule has 1 aliphatic carbocycles. The van der Waals surface area contributed by atoms with Gasteiger partial charge in [-0.2, -0.15) is 0 Å². The van der Waals surface area contributed by atoms with E-state index in [1.54, 1.807) is 4.90 Å². The van der Waals surface area contributed by atoms with Crippen LogP contribution >= 0.6 is 0 Å². The molecule has 144 valence electrons. The fourth-order valence-electron chi connectivity index (χ4n) is 3.13. The van der Waals surface area contributed by atoms with Crippen LogP contribution in [-0.4, -0.2) is 63.3 Å². The number of hydrogen-bond donors (Lipinski definition) is 0. The van der Waals surface area contributed by atoms with Gasteiger partial charge >= 0.3 is 5.97 Å². The molecule has 1 aromatic carbocycles. The molecule has 1 fully saturated rings. The Morgan fingerprint density at radius 2 is 1.69 bits per heavy atom. The molecule has 0 saturated heterocycles. The van der Waals surface area contributed by atoms with Crippen molar-refractivity contribution in [1.29, 1.82) is 0 Å². The van der Waals surface area contributed by atoms with Crippen molar-refractivity contribution in [3.8, 4) is 0 Å². The summed E-state index contributed by atoms with van der Waals surface area (Å²) in [6.07, 6.45) is 4.10. The van der Waals surface area contributed by atoms with Crippen molar-refractivity contribution in [3.63, 3.8) is 0 Å². The van der Waals surface area contributed by atoms with E-state index < -0.39 is 10.0 Å². The Kier molecular flexibility index (Phi) is 6.77. The fourth-order valence-corrected chi connectivity index (χ4v) is 4.03. The zero-order chi connectivity index (χ0) is 19.3. The lowest BCUT2D eigenvalue weighted by Gasteiger charge is -2.29. The third-order valence-corrected chi connectivity index (χ3v) is 6.52. The summed E-state index contributed by atoms with van der Waals surface area (Å²) in [6.45, 7) is 0.300. The smallest absolute Gasteiger partial charge is 0.307 e. The van der Waals surface area contributed by atoms with Crippen LogP contribution in [-0.2, 0) is 19.6 Å². The van der Waals surface area contributed by atoms with E-state index in [1.807, 2.05) is 0 Å². The Labute approximate surface area is 155 Å². The number of ether oxygens (including phenoxy) is 1. The summed E-state index contributed by atoms with van der Waals surface area (Å²) < 4.78 is 30.1. The third kappa shape index (κ3) is 4.62. The zero-order valence-electron chi connectivity index (χ0n) is 15.5. The topological polar surface area (TPSA) is 84.0 Å². The second kappa shape index (κ2) is 8.64. The van der Waals surface area contributed by atoms with Gasteiger partial charge in [-0.1, -0.05) is 12.8 Å². The van der Waals surface area contributed by atoms with Crippen LogP contribution in [0, 0.1) is 0 Å². The molecule has 0 bridgehead atoms. The van der Waals surface area contributed by atoms with Gasteiger partial charge in [-0.15, -0.1) is 0 Å². The average Bonchev–Trinajstić information content (AvgIpc) is 3.15. The van der Waals surface area contributed by atoms with Gasteiger partial charge in [0.15, 0.2) is 0 Å². The Morgan fingerprint density at radius 1 is 1.12 bits per heavy atom. The number of methoxy groups -OCH3 is 1. The summed E-state index contributed by atoms with van der Waals surface area (Å²) in [5.41, 5.74) is 0.416. The maximum atomic E-state index is 12.9. The molecule has 0 N–H and O–H groups in total. The van der Waals surface area contributed by atoms with Crippen molar-refractivity contribution in [2.24, 2.45) is 0 Å². The lowest BCUT2D eigenvalue weighted by atomic mass is 10.1. The minimum absolute atomic E-state index is 0.109. The van der Waals surface area contributed by atoms with E-state index in [0.29, 0.717) is 12.1 Å². The summed E-state index contributed by atoms with van der Waals surface area (Å²) in [5, 5.41) is 0. The van der Waals surface area contributed by atoms with E-state index in [9.17, 15) is 18.0 Å². The molecule has 8 heteroatoms.